The van der Waals surface area contributed by atoms with Crippen LogP contribution in [0.4, 0.5) is 0 Å². The van der Waals surface area contributed by atoms with Gasteiger partial charge in [0.15, 0.2) is 0 Å². The first-order chi connectivity index (χ1) is 9.80. The Labute approximate surface area is 125 Å². The van der Waals surface area contributed by atoms with Crippen molar-refractivity contribution in [2.24, 2.45) is 5.92 Å². The standard InChI is InChI=1S/C18H34O2/c1-17-15-13-11-9-7-5-3-2-4-6-8-10-12-14-16-20-18(17)19/h17H,2-16H2,1H3. The molecule has 0 spiro atoms. The number of esters is 1. The quantitative estimate of drug-likeness (QED) is 0.537. The van der Waals surface area contributed by atoms with E-state index in [1.54, 1.807) is 0 Å². The SMILES string of the molecule is CC1CCCCCCCCCCCCCCCOC1=O. The maximum atomic E-state index is 11.8. The van der Waals surface area contributed by atoms with Crippen LogP contribution in [0, 0.1) is 5.92 Å². The van der Waals surface area contributed by atoms with E-state index in [9.17, 15) is 4.79 Å². The van der Waals surface area contributed by atoms with Gasteiger partial charge in [0.05, 0.1) is 12.5 Å². The molecule has 2 nitrogen and oxygen atoms in total. The highest BCUT2D eigenvalue weighted by atomic mass is 16.5. The lowest BCUT2D eigenvalue weighted by Gasteiger charge is -2.11. The fraction of sp³-hybridized carbons (Fsp3) is 0.944. The molecule has 1 rings (SSSR count). The second-order valence-electron chi connectivity index (χ2n) is 6.45. The van der Waals surface area contributed by atoms with Crippen LogP contribution in [0.15, 0.2) is 0 Å². The summed E-state index contributed by atoms with van der Waals surface area (Å²) in [5, 5.41) is 0. The van der Waals surface area contributed by atoms with Crippen LogP contribution in [0.5, 0.6) is 0 Å². The van der Waals surface area contributed by atoms with Gasteiger partial charge in [-0.1, -0.05) is 84.0 Å². The second-order valence-corrected chi connectivity index (χ2v) is 6.45. The Morgan fingerprint density at radius 1 is 0.700 bits per heavy atom. The smallest absolute Gasteiger partial charge is 0.308 e. The van der Waals surface area contributed by atoms with Crippen LogP contribution < -0.4 is 0 Å². The van der Waals surface area contributed by atoms with Crippen molar-refractivity contribution in [1.29, 1.82) is 0 Å². The zero-order valence-corrected chi connectivity index (χ0v) is 13.5. The number of cyclic esters (lactones) is 1. The lowest BCUT2D eigenvalue weighted by atomic mass is 10.0. The summed E-state index contributed by atoms with van der Waals surface area (Å²) in [6.07, 6.45) is 18.1. The molecular weight excluding hydrogens is 248 g/mol. The third-order valence-electron chi connectivity index (χ3n) is 4.43. The summed E-state index contributed by atoms with van der Waals surface area (Å²) in [5.74, 6) is 0.111. The predicted octanol–water partition coefficient (Wildman–Crippen LogP) is 5.64. The molecule has 2 heteroatoms. The highest BCUT2D eigenvalue weighted by Crippen LogP contribution is 2.16. The number of rotatable bonds is 0. The van der Waals surface area contributed by atoms with E-state index in [-0.39, 0.29) is 11.9 Å². The van der Waals surface area contributed by atoms with Gasteiger partial charge < -0.3 is 4.74 Å². The fourth-order valence-electron chi connectivity index (χ4n) is 2.93. The Morgan fingerprint density at radius 2 is 1.10 bits per heavy atom. The summed E-state index contributed by atoms with van der Waals surface area (Å²) < 4.78 is 5.36. The van der Waals surface area contributed by atoms with Crippen molar-refractivity contribution < 1.29 is 9.53 Å². The normalized spacial score (nSPS) is 26.2. The molecule has 0 saturated carbocycles. The molecule has 0 aromatic carbocycles. The second kappa shape index (κ2) is 12.2. The van der Waals surface area contributed by atoms with Gasteiger partial charge in [-0.05, 0) is 12.8 Å². The van der Waals surface area contributed by atoms with E-state index in [1.807, 2.05) is 6.92 Å². The zero-order valence-electron chi connectivity index (χ0n) is 13.5. The Kier molecular flexibility index (Phi) is 10.7. The summed E-state index contributed by atoms with van der Waals surface area (Å²) >= 11 is 0. The molecule has 1 unspecified atom stereocenters. The molecule has 1 saturated heterocycles. The number of ether oxygens (including phenoxy) is 1. The maximum Gasteiger partial charge on any atom is 0.308 e. The van der Waals surface area contributed by atoms with Gasteiger partial charge in [0.1, 0.15) is 0 Å². The molecule has 0 N–H and O–H groups in total. The minimum Gasteiger partial charge on any atom is -0.465 e. The van der Waals surface area contributed by atoms with Crippen LogP contribution in [0.2, 0.25) is 0 Å². The number of hydrogen-bond acceptors (Lipinski definition) is 2. The molecule has 1 heterocycles. The largest absolute Gasteiger partial charge is 0.465 e. The molecule has 1 fully saturated rings. The Balaban J connectivity index is 2.20. The molecular formula is C18H34O2. The van der Waals surface area contributed by atoms with Crippen LogP contribution in [0.3, 0.4) is 0 Å². The Bertz CT molecular complexity index is 238. The Hall–Kier alpha value is -0.530. The third-order valence-corrected chi connectivity index (χ3v) is 4.43. The monoisotopic (exact) mass is 282 g/mol. The molecule has 0 aromatic rings. The van der Waals surface area contributed by atoms with Crippen molar-refractivity contribution in [1.82, 2.24) is 0 Å². The minimum absolute atomic E-state index is 0.0196. The van der Waals surface area contributed by atoms with Crippen LogP contribution in [0.1, 0.15) is 96.8 Å². The topological polar surface area (TPSA) is 26.3 Å². The first-order valence-electron chi connectivity index (χ1n) is 8.97. The zero-order chi connectivity index (χ0) is 14.5. The number of hydrogen-bond donors (Lipinski definition) is 0. The van der Waals surface area contributed by atoms with Gasteiger partial charge in [-0.3, -0.25) is 4.79 Å². The summed E-state index contributed by atoms with van der Waals surface area (Å²) in [6, 6.07) is 0. The minimum atomic E-state index is 0.0196. The number of carbonyl (C=O) groups is 1. The first-order valence-corrected chi connectivity index (χ1v) is 8.97. The van der Waals surface area contributed by atoms with Crippen LogP contribution in [-0.2, 0) is 9.53 Å². The van der Waals surface area contributed by atoms with E-state index in [1.165, 1.54) is 77.0 Å². The van der Waals surface area contributed by atoms with E-state index in [0.717, 1.165) is 12.8 Å². The molecule has 0 aromatic heterocycles. The molecule has 118 valence electrons. The van der Waals surface area contributed by atoms with Crippen LogP contribution in [-0.4, -0.2) is 12.6 Å². The lowest BCUT2D eigenvalue weighted by molar-refractivity contribution is -0.148. The van der Waals surface area contributed by atoms with E-state index < -0.39 is 0 Å². The van der Waals surface area contributed by atoms with Crippen LogP contribution in [0.25, 0.3) is 0 Å². The van der Waals surface area contributed by atoms with Gasteiger partial charge in [0.2, 0.25) is 0 Å². The van der Waals surface area contributed by atoms with Gasteiger partial charge in [-0.25, -0.2) is 0 Å². The summed E-state index contributed by atoms with van der Waals surface area (Å²) in [6.45, 7) is 2.64. The molecule has 1 aliphatic rings. The fourth-order valence-corrected chi connectivity index (χ4v) is 2.93. The molecule has 1 aliphatic heterocycles. The highest BCUT2D eigenvalue weighted by molar-refractivity contribution is 5.71. The third kappa shape index (κ3) is 9.39. The average molecular weight is 282 g/mol. The van der Waals surface area contributed by atoms with Gasteiger partial charge in [-0.2, -0.15) is 0 Å². The van der Waals surface area contributed by atoms with Crippen molar-refractivity contribution in [3.8, 4) is 0 Å². The highest BCUT2D eigenvalue weighted by Gasteiger charge is 2.13. The Morgan fingerprint density at radius 3 is 1.60 bits per heavy atom. The molecule has 0 amide bonds. The molecule has 20 heavy (non-hydrogen) atoms. The summed E-state index contributed by atoms with van der Waals surface area (Å²) in [5.41, 5.74) is 0. The van der Waals surface area contributed by atoms with Gasteiger partial charge >= 0.3 is 5.97 Å². The molecule has 0 bridgehead atoms. The summed E-state index contributed by atoms with van der Waals surface area (Å²) in [7, 11) is 0. The van der Waals surface area contributed by atoms with Crippen molar-refractivity contribution in [3.05, 3.63) is 0 Å². The molecule has 0 radical (unpaired) electrons. The average Bonchev–Trinajstić information content (AvgIpc) is 2.45. The number of carbonyl (C=O) groups excluding carboxylic acids is 1. The van der Waals surface area contributed by atoms with E-state index in [2.05, 4.69) is 0 Å². The first kappa shape index (κ1) is 17.5. The van der Waals surface area contributed by atoms with Gasteiger partial charge in [-0.15, -0.1) is 0 Å². The molecule has 1 atom stereocenters. The van der Waals surface area contributed by atoms with Crippen molar-refractivity contribution in [3.63, 3.8) is 0 Å². The molecule has 0 aliphatic carbocycles. The van der Waals surface area contributed by atoms with Crippen LogP contribution >= 0.6 is 0 Å². The lowest BCUT2D eigenvalue weighted by Crippen LogP contribution is -2.15. The maximum absolute atomic E-state index is 11.8. The van der Waals surface area contributed by atoms with Gasteiger partial charge in [0, 0.05) is 0 Å². The van der Waals surface area contributed by atoms with E-state index in [0.29, 0.717) is 6.61 Å². The van der Waals surface area contributed by atoms with E-state index >= 15 is 0 Å². The van der Waals surface area contributed by atoms with Crippen molar-refractivity contribution >= 4 is 5.97 Å². The predicted molar refractivity (Wildman–Crippen MR) is 84.8 cm³/mol. The van der Waals surface area contributed by atoms with Crippen molar-refractivity contribution in [2.75, 3.05) is 6.61 Å². The van der Waals surface area contributed by atoms with Gasteiger partial charge in [0.25, 0.3) is 0 Å². The van der Waals surface area contributed by atoms with E-state index in [4.69, 9.17) is 4.74 Å². The summed E-state index contributed by atoms with van der Waals surface area (Å²) in [4.78, 5) is 11.8. The van der Waals surface area contributed by atoms with Crippen molar-refractivity contribution in [2.45, 2.75) is 96.8 Å².